The Kier molecular flexibility index (Phi) is 2.63. The molecule has 2 fully saturated rings. The molecule has 2 aliphatic rings. The monoisotopic (exact) mass is 198 g/mol. The molecule has 14 heavy (non-hydrogen) atoms. The molecule has 1 N–H and O–H groups in total. The number of amides is 1. The fourth-order valence-electron chi connectivity index (χ4n) is 2.33. The van der Waals surface area contributed by atoms with Crippen molar-refractivity contribution in [3.8, 4) is 0 Å². The van der Waals surface area contributed by atoms with Crippen LogP contribution in [0.4, 0.5) is 4.79 Å². The Morgan fingerprint density at radius 1 is 1.50 bits per heavy atom. The first-order valence-corrected chi connectivity index (χ1v) is 5.35. The lowest BCUT2D eigenvalue weighted by Gasteiger charge is -2.38. The highest BCUT2D eigenvalue weighted by Crippen LogP contribution is 2.22. The van der Waals surface area contributed by atoms with E-state index in [1.165, 1.54) is 0 Å². The van der Waals surface area contributed by atoms with Crippen molar-refractivity contribution in [3.05, 3.63) is 0 Å². The van der Waals surface area contributed by atoms with Crippen LogP contribution in [0.25, 0.3) is 0 Å². The largest absolute Gasteiger partial charge is 0.448 e. The number of cyclic esters (lactones) is 1. The molecule has 4 nitrogen and oxygen atoms in total. The van der Waals surface area contributed by atoms with Crippen LogP contribution in [0.5, 0.6) is 0 Å². The lowest BCUT2D eigenvalue weighted by atomic mass is 9.91. The summed E-state index contributed by atoms with van der Waals surface area (Å²) in [5.41, 5.74) is 0. The van der Waals surface area contributed by atoms with E-state index in [1.54, 1.807) is 0 Å². The number of piperidine rings is 1. The van der Waals surface area contributed by atoms with Gasteiger partial charge in [-0.2, -0.15) is 0 Å². The summed E-state index contributed by atoms with van der Waals surface area (Å²) in [6.45, 7) is 6.72. The summed E-state index contributed by atoms with van der Waals surface area (Å²) in [6, 6.07) is 0.700. The van der Waals surface area contributed by atoms with Crippen LogP contribution in [-0.4, -0.2) is 42.8 Å². The molecule has 0 aromatic heterocycles. The third kappa shape index (κ3) is 1.71. The van der Waals surface area contributed by atoms with E-state index in [9.17, 15) is 4.79 Å². The average Bonchev–Trinajstić information content (AvgIpc) is 2.56. The molecule has 0 aromatic rings. The number of hydrogen-bond donors (Lipinski definition) is 1. The molecule has 4 heteroatoms. The zero-order chi connectivity index (χ0) is 10.1. The molecule has 0 aliphatic carbocycles. The second-order valence-electron chi connectivity index (χ2n) is 4.41. The predicted octanol–water partition coefficient (Wildman–Crippen LogP) is 0.825. The zero-order valence-electron chi connectivity index (χ0n) is 8.82. The van der Waals surface area contributed by atoms with Gasteiger partial charge in [0.15, 0.2) is 0 Å². The molecule has 3 unspecified atom stereocenters. The lowest BCUT2D eigenvalue weighted by molar-refractivity contribution is 0.121. The fourth-order valence-corrected chi connectivity index (χ4v) is 2.33. The first-order chi connectivity index (χ1) is 6.68. The summed E-state index contributed by atoms with van der Waals surface area (Å²) in [7, 11) is 0. The second-order valence-corrected chi connectivity index (χ2v) is 4.41. The van der Waals surface area contributed by atoms with Gasteiger partial charge in [-0.3, -0.25) is 0 Å². The third-order valence-electron chi connectivity index (χ3n) is 3.20. The van der Waals surface area contributed by atoms with E-state index in [0.29, 0.717) is 24.6 Å². The number of carbonyl (C=O) groups excluding carboxylic acids is 1. The van der Waals surface area contributed by atoms with E-state index < -0.39 is 0 Å². The Morgan fingerprint density at radius 3 is 2.93 bits per heavy atom. The van der Waals surface area contributed by atoms with Crippen LogP contribution in [0.15, 0.2) is 0 Å². The molecule has 0 aromatic carbocycles. The first-order valence-electron chi connectivity index (χ1n) is 5.35. The van der Waals surface area contributed by atoms with Crippen molar-refractivity contribution in [1.29, 1.82) is 0 Å². The Morgan fingerprint density at radius 2 is 2.29 bits per heavy atom. The highest BCUT2D eigenvalue weighted by atomic mass is 16.6. The van der Waals surface area contributed by atoms with Gasteiger partial charge in [0.25, 0.3) is 0 Å². The predicted molar refractivity (Wildman–Crippen MR) is 53.1 cm³/mol. The van der Waals surface area contributed by atoms with Crippen LogP contribution < -0.4 is 5.32 Å². The Bertz CT molecular complexity index is 232. The summed E-state index contributed by atoms with van der Waals surface area (Å²) in [6.07, 6.45) is 0.946. The maximum atomic E-state index is 11.4. The van der Waals surface area contributed by atoms with Gasteiger partial charge in [0, 0.05) is 6.04 Å². The van der Waals surface area contributed by atoms with Crippen molar-refractivity contribution >= 4 is 6.09 Å². The molecule has 1 amide bonds. The first kappa shape index (κ1) is 9.77. The molecule has 0 saturated carbocycles. The van der Waals surface area contributed by atoms with Crippen molar-refractivity contribution in [2.75, 3.05) is 19.7 Å². The molecule has 0 spiro atoms. The van der Waals surface area contributed by atoms with Crippen LogP contribution in [0, 0.1) is 5.92 Å². The number of nitrogens with one attached hydrogen (secondary N) is 1. The zero-order valence-corrected chi connectivity index (χ0v) is 8.82. The maximum Gasteiger partial charge on any atom is 0.410 e. The Hall–Kier alpha value is -0.770. The van der Waals surface area contributed by atoms with Crippen molar-refractivity contribution in [1.82, 2.24) is 10.2 Å². The number of hydrogen-bond acceptors (Lipinski definition) is 3. The molecule has 2 rings (SSSR count). The normalized spacial score (nSPS) is 38.6. The van der Waals surface area contributed by atoms with E-state index in [2.05, 4.69) is 19.2 Å². The molecule has 0 radical (unpaired) electrons. The quantitative estimate of drug-likeness (QED) is 0.678. The van der Waals surface area contributed by atoms with Crippen molar-refractivity contribution in [2.24, 2.45) is 5.92 Å². The summed E-state index contributed by atoms with van der Waals surface area (Å²) in [5, 5.41) is 3.43. The van der Waals surface area contributed by atoms with E-state index in [1.807, 2.05) is 4.90 Å². The molecular weight excluding hydrogens is 180 g/mol. The molecule has 0 bridgehead atoms. The minimum Gasteiger partial charge on any atom is -0.448 e. The van der Waals surface area contributed by atoms with E-state index in [0.717, 1.165) is 19.5 Å². The fraction of sp³-hybridized carbons (Fsp3) is 0.900. The third-order valence-corrected chi connectivity index (χ3v) is 3.20. The molecule has 3 atom stereocenters. The van der Waals surface area contributed by atoms with Crippen molar-refractivity contribution in [3.63, 3.8) is 0 Å². The van der Waals surface area contributed by atoms with E-state index >= 15 is 0 Å². The van der Waals surface area contributed by atoms with Gasteiger partial charge in [0.2, 0.25) is 0 Å². The van der Waals surface area contributed by atoms with Crippen LogP contribution in [-0.2, 0) is 4.74 Å². The number of ether oxygens (including phenoxy) is 1. The van der Waals surface area contributed by atoms with Crippen molar-refractivity contribution < 1.29 is 9.53 Å². The van der Waals surface area contributed by atoms with Gasteiger partial charge in [-0.1, -0.05) is 6.92 Å². The molecule has 2 aliphatic heterocycles. The number of carbonyl (C=O) groups is 1. The van der Waals surface area contributed by atoms with Gasteiger partial charge >= 0.3 is 6.09 Å². The summed E-state index contributed by atoms with van der Waals surface area (Å²) >= 11 is 0. The summed E-state index contributed by atoms with van der Waals surface area (Å²) < 4.78 is 4.96. The van der Waals surface area contributed by atoms with Crippen LogP contribution in [0.1, 0.15) is 20.3 Å². The summed E-state index contributed by atoms with van der Waals surface area (Å²) in [4.78, 5) is 13.3. The Balaban J connectivity index is 2.03. The minimum atomic E-state index is -0.141. The van der Waals surface area contributed by atoms with Gasteiger partial charge in [0.1, 0.15) is 6.61 Å². The van der Waals surface area contributed by atoms with Gasteiger partial charge < -0.3 is 15.0 Å². The molecular formula is C10H18N2O2. The number of nitrogens with zero attached hydrogens (tertiary/aromatic N) is 1. The standard InChI is InChI=1S/C10H18N2O2/c1-7-5-9(8(2)11-6-7)12-3-4-14-10(12)13/h7-9,11H,3-6H2,1-2H3. The molecule has 80 valence electrons. The summed E-state index contributed by atoms with van der Waals surface area (Å²) in [5.74, 6) is 0.643. The number of rotatable bonds is 1. The highest BCUT2D eigenvalue weighted by molar-refractivity contribution is 5.69. The van der Waals surface area contributed by atoms with E-state index in [-0.39, 0.29) is 6.09 Å². The van der Waals surface area contributed by atoms with Crippen molar-refractivity contribution in [2.45, 2.75) is 32.4 Å². The Labute approximate surface area is 84.6 Å². The second kappa shape index (κ2) is 3.77. The average molecular weight is 198 g/mol. The van der Waals surface area contributed by atoms with Crippen LogP contribution in [0.3, 0.4) is 0 Å². The molecule has 2 heterocycles. The van der Waals surface area contributed by atoms with Gasteiger partial charge in [-0.25, -0.2) is 4.79 Å². The SMILES string of the molecule is CC1CNC(C)C(N2CCOC2=O)C1. The van der Waals surface area contributed by atoms with Gasteiger partial charge in [-0.05, 0) is 25.8 Å². The van der Waals surface area contributed by atoms with Gasteiger partial charge in [-0.15, -0.1) is 0 Å². The topological polar surface area (TPSA) is 41.6 Å². The van der Waals surface area contributed by atoms with E-state index in [4.69, 9.17) is 4.74 Å². The highest BCUT2D eigenvalue weighted by Gasteiger charge is 2.36. The van der Waals surface area contributed by atoms with Gasteiger partial charge in [0.05, 0.1) is 12.6 Å². The minimum absolute atomic E-state index is 0.141. The smallest absolute Gasteiger partial charge is 0.410 e. The van der Waals surface area contributed by atoms with Crippen LogP contribution in [0.2, 0.25) is 0 Å². The lowest BCUT2D eigenvalue weighted by Crippen LogP contribution is -2.54. The molecule has 2 saturated heterocycles. The maximum absolute atomic E-state index is 11.4. The van der Waals surface area contributed by atoms with Crippen LogP contribution >= 0.6 is 0 Å².